The van der Waals surface area contributed by atoms with Crippen LogP contribution < -0.4 is 10.6 Å². The molecule has 4 nitrogen and oxygen atoms in total. The molecule has 0 unspecified atom stereocenters. The first-order valence-corrected chi connectivity index (χ1v) is 8.05. The third-order valence-electron chi connectivity index (χ3n) is 4.24. The van der Waals surface area contributed by atoms with Crippen molar-refractivity contribution >= 4 is 28.9 Å². The van der Waals surface area contributed by atoms with Gasteiger partial charge in [0.05, 0.1) is 6.54 Å². The first-order valence-electron chi connectivity index (χ1n) is 7.64. The third-order valence-corrected chi connectivity index (χ3v) is 4.57. The van der Waals surface area contributed by atoms with Gasteiger partial charge >= 0.3 is 0 Å². The highest BCUT2D eigenvalue weighted by Gasteiger charge is 2.33. The van der Waals surface area contributed by atoms with Crippen LogP contribution in [0.2, 0.25) is 0 Å². The lowest BCUT2D eigenvalue weighted by molar-refractivity contribution is -0.117. The minimum Gasteiger partial charge on any atom is -0.358 e. The molecule has 1 saturated heterocycles. The number of carbonyl (C=O) groups excluding carboxylic acids is 1. The van der Waals surface area contributed by atoms with Crippen LogP contribution in [-0.2, 0) is 4.79 Å². The summed E-state index contributed by atoms with van der Waals surface area (Å²) in [6.45, 7) is 10.7. The number of amides is 1. The summed E-state index contributed by atoms with van der Waals surface area (Å²) in [6.07, 6.45) is 0.948. The second-order valence-corrected chi connectivity index (χ2v) is 7.18. The van der Waals surface area contributed by atoms with Gasteiger partial charge in [-0.1, -0.05) is 12.1 Å². The zero-order chi connectivity index (χ0) is 16.5. The number of nitrogens with zero attached hydrogens (tertiary/aromatic N) is 1. The number of anilines is 1. The van der Waals surface area contributed by atoms with Crippen molar-refractivity contribution < 1.29 is 4.79 Å². The molecule has 0 aromatic heterocycles. The van der Waals surface area contributed by atoms with E-state index >= 15 is 0 Å². The molecule has 1 aliphatic rings. The molecule has 2 N–H and O–H groups in total. The van der Waals surface area contributed by atoms with Crippen LogP contribution in [0.25, 0.3) is 0 Å². The topological polar surface area (TPSA) is 44.4 Å². The van der Waals surface area contributed by atoms with Crippen LogP contribution >= 0.6 is 12.2 Å². The molecule has 0 spiro atoms. The predicted molar refractivity (Wildman–Crippen MR) is 95.1 cm³/mol. The van der Waals surface area contributed by atoms with Crippen LogP contribution in [0.1, 0.15) is 38.3 Å². The summed E-state index contributed by atoms with van der Waals surface area (Å²) in [5.41, 5.74) is 3.12. The summed E-state index contributed by atoms with van der Waals surface area (Å²) in [4.78, 5) is 14.3. The van der Waals surface area contributed by atoms with E-state index in [1.54, 1.807) is 0 Å². The van der Waals surface area contributed by atoms with E-state index in [-0.39, 0.29) is 24.0 Å². The zero-order valence-corrected chi connectivity index (χ0v) is 14.8. The van der Waals surface area contributed by atoms with Gasteiger partial charge in [-0.05, 0) is 70.5 Å². The van der Waals surface area contributed by atoms with Gasteiger partial charge in [-0.25, -0.2) is 0 Å². The summed E-state index contributed by atoms with van der Waals surface area (Å²) in [7, 11) is 0. The Hall–Kier alpha value is -1.62. The molecule has 1 aliphatic heterocycles. The summed E-state index contributed by atoms with van der Waals surface area (Å²) in [5, 5.41) is 6.95. The SMILES string of the molecule is Cc1cccc(NC(=O)CN2C(=S)NC(C)(C)C[C@H]2C)c1C. The molecule has 22 heavy (non-hydrogen) atoms. The molecule has 0 bridgehead atoms. The molecule has 0 aliphatic carbocycles. The lowest BCUT2D eigenvalue weighted by atomic mass is 9.93. The number of carbonyl (C=O) groups is 1. The Balaban J connectivity index is 2.03. The smallest absolute Gasteiger partial charge is 0.243 e. The minimum atomic E-state index is -0.0376. The highest BCUT2D eigenvalue weighted by atomic mass is 32.1. The number of hydrogen-bond acceptors (Lipinski definition) is 2. The van der Waals surface area contributed by atoms with E-state index in [1.807, 2.05) is 36.9 Å². The van der Waals surface area contributed by atoms with Gasteiger partial charge in [0.1, 0.15) is 0 Å². The van der Waals surface area contributed by atoms with Crippen molar-refractivity contribution in [3.8, 4) is 0 Å². The van der Waals surface area contributed by atoms with Crippen LogP contribution in [-0.4, -0.2) is 34.0 Å². The van der Waals surface area contributed by atoms with E-state index in [0.717, 1.165) is 17.7 Å². The standard InChI is InChI=1S/C17H25N3OS/c1-11-7-6-8-14(13(11)3)18-15(21)10-20-12(2)9-17(4,5)19-16(20)22/h6-8,12H,9-10H2,1-5H3,(H,18,21)(H,19,22)/t12-/m1/s1. The van der Waals surface area contributed by atoms with Crippen LogP contribution in [0.4, 0.5) is 5.69 Å². The molecule has 5 heteroatoms. The third kappa shape index (κ3) is 3.77. The zero-order valence-electron chi connectivity index (χ0n) is 14.0. The largest absolute Gasteiger partial charge is 0.358 e. The maximum atomic E-state index is 12.4. The fourth-order valence-corrected chi connectivity index (χ4v) is 3.44. The number of thiocarbonyl (C=S) groups is 1. The van der Waals surface area contributed by atoms with Crippen molar-refractivity contribution in [3.05, 3.63) is 29.3 Å². The Bertz CT molecular complexity index is 598. The molecule has 1 heterocycles. The molecule has 1 fully saturated rings. The molecule has 1 atom stereocenters. The summed E-state index contributed by atoms with van der Waals surface area (Å²) < 4.78 is 0. The van der Waals surface area contributed by atoms with Crippen LogP contribution in [0.15, 0.2) is 18.2 Å². The second-order valence-electron chi connectivity index (χ2n) is 6.79. The van der Waals surface area contributed by atoms with Gasteiger partial charge in [0.2, 0.25) is 5.91 Å². The highest BCUT2D eigenvalue weighted by Crippen LogP contribution is 2.22. The van der Waals surface area contributed by atoms with Crippen molar-refractivity contribution in [2.75, 3.05) is 11.9 Å². The van der Waals surface area contributed by atoms with Gasteiger partial charge in [-0.2, -0.15) is 0 Å². The average Bonchev–Trinajstić information content (AvgIpc) is 2.38. The number of benzene rings is 1. The van der Waals surface area contributed by atoms with Gasteiger partial charge < -0.3 is 15.5 Å². The van der Waals surface area contributed by atoms with Crippen LogP contribution in [0.5, 0.6) is 0 Å². The lowest BCUT2D eigenvalue weighted by Gasteiger charge is -2.44. The number of nitrogens with one attached hydrogen (secondary N) is 2. The van der Waals surface area contributed by atoms with Gasteiger partial charge in [-0.15, -0.1) is 0 Å². The monoisotopic (exact) mass is 319 g/mol. The van der Waals surface area contributed by atoms with Gasteiger partial charge in [0.25, 0.3) is 0 Å². The maximum absolute atomic E-state index is 12.4. The summed E-state index contributed by atoms with van der Waals surface area (Å²) in [6, 6.07) is 6.17. The summed E-state index contributed by atoms with van der Waals surface area (Å²) in [5.74, 6) is -0.0376. The van der Waals surface area contributed by atoms with E-state index in [4.69, 9.17) is 12.2 Å². The van der Waals surface area contributed by atoms with Gasteiger partial charge in [-0.3, -0.25) is 4.79 Å². The lowest BCUT2D eigenvalue weighted by Crippen LogP contribution is -2.61. The van der Waals surface area contributed by atoms with Crippen LogP contribution in [0, 0.1) is 13.8 Å². The molecule has 1 amide bonds. The number of rotatable bonds is 3. The number of aryl methyl sites for hydroxylation is 1. The quantitative estimate of drug-likeness (QED) is 0.841. The maximum Gasteiger partial charge on any atom is 0.243 e. The molecular weight excluding hydrogens is 294 g/mol. The van der Waals surface area contributed by atoms with E-state index in [1.165, 1.54) is 5.56 Å². The van der Waals surface area contributed by atoms with E-state index in [0.29, 0.717) is 5.11 Å². The van der Waals surface area contributed by atoms with Crippen molar-refractivity contribution in [2.24, 2.45) is 0 Å². The minimum absolute atomic E-state index is 0.0173. The highest BCUT2D eigenvalue weighted by molar-refractivity contribution is 7.80. The fraction of sp³-hybridized carbons (Fsp3) is 0.529. The van der Waals surface area contributed by atoms with Crippen molar-refractivity contribution in [2.45, 2.75) is 52.6 Å². The Morgan fingerprint density at radius 1 is 1.45 bits per heavy atom. The normalized spacial score (nSPS) is 20.5. The molecule has 1 aromatic rings. The van der Waals surface area contributed by atoms with Crippen molar-refractivity contribution in [3.63, 3.8) is 0 Å². The number of hydrogen-bond donors (Lipinski definition) is 2. The van der Waals surface area contributed by atoms with E-state index in [2.05, 4.69) is 31.4 Å². The Labute approximate surface area is 138 Å². The van der Waals surface area contributed by atoms with Gasteiger partial charge in [0, 0.05) is 17.3 Å². The molecule has 120 valence electrons. The van der Waals surface area contributed by atoms with Gasteiger partial charge in [0.15, 0.2) is 5.11 Å². The van der Waals surface area contributed by atoms with E-state index < -0.39 is 0 Å². The first-order chi connectivity index (χ1) is 10.2. The molecule has 0 saturated carbocycles. The van der Waals surface area contributed by atoms with E-state index in [9.17, 15) is 4.79 Å². The van der Waals surface area contributed by atoms with Crippen molar-refractivity contribution in [1.29, 1.82) is 0 Å². The first kappa shape index (κ1) is 16.7. The predicted octanol–water partition coefficient (Wildman–Crippen LogP) is 2.99. The average molecular weight is 319 g/mol. The van der Waals surface area contributed by atoms with Crippen molar-refractivity contribution in [1.82, 2.24) is 10.2 Å². The molecule has 0 radical (unpaired) electrons. The van der Waals surface area contributed by atoms with Crippen LogP contribution in [0.3, 0.4) is 0 Å². The Kier molecular flexibility index (Phi) is 4.75. The second kappa shape index (κ2) is 6.24. The molecule has 1 aromatic carbocycles. The Morgan fingerprint density at radius 3 is 2.77 bits per heavy atom. The molecular formula is C17H25N3OS. The molecule has 2 rings (SSSR count). The fourth-order valence-electron chi connectivity index (χ4n) is 2.92. The Morgan fingerprint density at radius 2 is 2.14 bits per heavy atom. The summed E-state index contributed by atoms with van der Waals surface area (Å²) >= 11 is 5.42.